The van der Waals surface area contributed by atoms with Gasteiger partial charge >= 0.3 is 0 Å². The molecule has 1 unspecified atom stereocenters. The van der Waals surface area contributed by atoms with Crippen molar-refractivity contribution < 1.29 is 0 Å². The van der Waals surface area contributed by atoms with Crippen LogP contribution in [0.2, 0.25) is 0 Å². The molecule has 0 spiro atoms. The molecule has 2 rings (SSSR count). The summed E-state index contributed by atoms with van der Waals surface area (Å²) in [4.78, 5) is 0. The fourth-order valence-corrected chi connectivity index (χ4v) is 3.37. The number of aryl methyl sites for hydroxylation is 3. The monoisotopic (exact) mass is 332 g/mol. The Kier molecular flexibility index (Phi) is 4.97. The predicted octanol–water partition coefficient (Wildman–Crippen LogP) is 4.12. The Labute approximate surface area is 129 Å². The van der Waals surface area contributed by atoms with Gasteiger partial charge in [-0.05, 0) is 49.9 Å². The zero-order valence-electron chi connectivity index (χ0n) is 12.2. The Balaban J connectivity index is 2.28. The molecule has 3 heteroatoms. The Morgan fingerprint density at radius 3 is 2.20 bits per heavy atom. The summed E-state index contributed by atoms with van der Waals surface area (Å²) in [5, 5.41) is 0. The van der Waals surface area contributed by atoms with E-state index in [0.717, 1.165) is 10.9 Å². The third-order valence-corrected chi connectivity index (χ3v) is 4.14. The molecule has 2 aromatic carbocycles. The molecule has 0 radical (unpaired) electrons. The lowest BCUT2D eigenvalue weighted by Crippen LogP contribution is -2.29. The van der Waals surface area contributed by atoms with E-state index in [1.807, 2.05) is 0 Å². The number of benzene rings is 2. The summed E-state index contributed by atoms with van der Waals surface area (Å²) in [5.41, 5.74) is 9.25. The number of nitrogens with two attached hydrogens (primary N) is 1. The van der Waals surface area contributed by atoms with Crippen LogP contribution in [0.4, 0.5) is 0 Å². The van der Waals surface area contributed by atoms with Crippen LogP contribution >= 0.6 is 15.9 Å². The third-order valence-electron chi connectivity index (χ3n) is 3.45. The molecule has 0 aliphatic heterocycles. The van der Waals surface area contributed by atoms with Crippen molar-refractivity contribution in [3.63, 3.8) is 0 Å². The maximum Gasteiger partial charge on any atom is 0.0511 e. The molecule has 0 heterocycles. The minimum absolute atomic E-state index is 0.103. The first-order chi connectivity index (χ1) is 9.49. The maximum absolute atomic E-state index is 5.76. The number of hydrogen-bond donors (Lipinski definition) is 2. The maximum atomic E-state index is 5.76. The standard InChI is InChI=1S/C17H21BrN2/c1-11-4-5-15(16(18)9-11)17(20-19)10-14-7-12(2)6-13(3)8-14/h4-9,17,20H,10,19H2,1-3H3. The van der Waals surface area contributed by atoms with E-state index in [9.17, 15) is 0 Å². The van der Waals surface area contributed by atoms with Crippen molar-refractivity contribution in [3.8, 4) is 0 Å². The molecule has 0 amide bonds. The fraction of sp³-hybridized carbons (Fsp3) is 0.294. The Hall–Kier alpha value is -1.16. The second-order valence-electron chi connectivity index (χ2n) is 5.44. The molecule has 106 valence electrons. The molecular formula is C17H21BrN2. The summed E-state index contributed by atoms with van der Waals surface area (Å²) in [6.07, 6.45) is 0.876. The first-order valence-electron chi connectivity index (χ1n) is 6.79. The van der Waals surface area contributed by atoms with Gasteiger partial charge in [-0.2, -0.15) is 0 Å². The average Bonchev–Trinajstić information content (AvgIpc) is 2.35. The molecule has 0 saturated heterocycles. The second kappa shape index (κ2) is 6.53. The van der Waals surface area contributed by atoms with Crippen LogP contribution in [0.25, 0.3) is 0 Å². The molecule has 3 N–H and O–H groups in total. The van der Waals surface area contributed by atoms with E-state index in [2.05, 4.69) is 78.5 Å². The quantitative estimate of drug-likeness (QED) is 0.652. The summed E-state index contributed by atoms with van der Waals surface area (Å²) in [7, 11) is 0. The van der Waals surface area contributed by atoms with Gasteiger partial charge in [-0.1, -0.05) is 57.4 Å². The molecule has 0 aliphatic carbocycles. The van der Waals surface area contributed by atoms with Crippen molar-refractivity contribution in [3.05, 3.63) is 68.7 Å². The van der Waals surface area contributed by atoms with Crippen molar-refractivity contribution in [2.24, 2.45) is 5.84 Å². The van der Waals surface area contributed by atoms with Crippen molar-refractivity contribution >= 4 is 15.9 Å². The van der Waals surface area contributed by atoms with Crippen molar-refractivity contribution in [2.75, 3.05) is 0 Å². The van der Waals surface area contributed by atoms with E-state index in [4.69, 9.17) is 5.84 Å². The summed E-state index contributed by atoms with van der Waals surface area (Å²) < 4.78 is 1.10. The molecule has 1 atom stereocenters. The summed E-state index contributed by atoms with van der Waals surface area (Å²) in [6, 6.07) is 13.1. The van der Waals surface area contributed by atoms with E-state index in [1.54, 1.807) is 0 Å². The predicted molar refractivity (Wildman–Crippen MR) is 88.6 cm³/mol. The zero-order chi connectivity index (χ0) is 14.7. The molecule has 0 saturated carbocycles. The van der Waals surface area contributed by atoms with E-state index < -0.39 is 0 Å². The van der Waals surface area contributed by atoms with Gasteiger partial charge in [0.2, 0.25) is 0 Å². The SMILES string of the molecule is Cc1cc(C)cc(CC(NN)c2ccc(C)cc2Br)c1. The lowest BCUT2D eigenvalue weighted by atomic mass is 9.96. The van der Waals surface area contributed by atoms with Crippen LogP contribution < -0.4 is 11.3 Å². The summed E-state index contributed by atoms with van der Waals surface area (Å²) >= 11 is 3.64. The number of rotatable bonds is 4. The topological polar surface area (TPSA) is 38.0 Å². The molecule has 0 fully saturated rings. The van der Waals surface area contributed by atoms with Gasteiger partial charge < -0.3 is 0 Å². The highest BCUT2D eigenvalue weighted by atomic mass is 79.9. The van der Waals surface area contributed by atoms with Crippen LogP contribution in [-0.2, 0) is 6.42 Å². The van der Waals surface area contributed by atoms with Gasteiger partial charge in [0, 0.05) is 4.47 Å². The van der Waals surface area contributed by atoms with Gasteiger partial charge in [-0.25, -0.2) is 0 Å². The molecule has 0 aromatic heterocycles. The smallest absolute Gasteiger partial charge is 0.0511 e. The average molecular weight is 333 g/mol. The number of nitrogens with one attached hydrogen (secondary N) is 1. The van der Waals surface area contributed by atoms with Crippen LogP contribution in [-0.4, -0.2) is 0 Å². The van der Waals surface area contributed by atoms with E-state index in [1.165, 1.54) is 27.8 Å². The molecule has 0 bridgehead atoms. The van der Waals surface area contributed by atoms with Gasteiger partial charge in [0.15, 0.2) is 0 Å². The van der Waals surface area contributed by atoms with Crippen molar-refractivity contribution in [1.82, 2.24) is 5.43 Å². The molecule has 2 aromatic rings. The summed E-state index contributed by atoms with van der Waals surface area (Å²) in [5.74, 6) is 5.76. The van der Waals surface area contributed by atoms with Gasteiger partial charge in [0.25, 0.3) is 0 Å². The van der Waals surface area contributed by atoms with Crippen LogP contribution in [0, 0.1) is 20.8 Å². The van der Waals surface area contributed by atoms with Crippen LogP contribution in [0.5, 0.6) is 0 Å². The van der Waals surface area contributed by atoms with Gasteiger partial charge in [-0.3, -0.25) is 11.3 Å². The Morgan fingerprint density at radius 1 is 1.00 bits per heavy atom. The second-order valence-corrected chi connectivity index (χ2v) is 6.30. The molecule has 2 nitrogen and oxygen atoms in total. The first-order valence-corrected chi connectivity index (χ1v) is 7.58. The van der Waals surface area contributed by atoms with Gasteiger partial charge in [-0.15, -0.1) is 0 Å². The minimum atomic E-state index is 0.103. The molecule has 0 aliphatic rings. The Morgan fingerprint density at radius 2 is 1.65 bits per heavy atom. The highest BCUT2D eigenvalue weighted by Gasteiger charge is 2.14. The molecular weight excluding hydrogens is 312 g/mol. The number of hydrogen-bond acceptors (Lipinski definition) is 2. The summed E-state index contributed by atoms with van der Waals surface area (Å²) in [6.45, 7) is 6.34. The van der Waals surface area contributed by atoms with E-state index in [-0.39, 0.29) is 6.04 Å². The third kappa shape index (κ3) is 3.69. The van der Waals surface area contributed by atoms with E-state index in [0.29, 0.717) is 0 Å². The Bertz CT molecular complexity index is 588. The first kappa shape index (κ1) is 15.2. The van der Waals surface area contributed by atoms with E-state index >= 15 is 0 Å². The minimum Gasteiger partial charge on any atom is -0.271 e. The van der Waals surface area contributed by atoms with Gasteiger partial charge in [0.1, 0.15) is 0 Å². The molecule has 20 heavy (non-hydrogen) atoms. The van der Waals surface area contributed by atoms with Gasteiger partial charge in [0.05, 0.1) is 6.04 Å². The fourth-order valence-electron chi connectivity index (χ4n) is 2.60. The zero-order valence-corrected chi connectivity index (χ0v) is 13.8. The van der Waals surface area contributed by atoms with Crippen LogP contribution in [0.1, 0.15) is 33.9 Å². The van der Waals surface area contributed by atoms with Crippen LogP contribution in [0.3, 0.4) is 0 Å². The number of halogens is 1. The lowest BCUT2D eigenvalue weighted by molar-refractivity contribution is 0.549. The van der Waals surface area contributed by atoms with Crippen molar-refractivity contribution in [2.45, 2.75) is 33.2 Å². The van der Waals surface area contributed by atoms with Crippen LogP contribution in [0.15, 0.2) is 40.9 Å². The number of hydrazine groups is 1. The highest BCUT2D eigenvalue weighted by molar-refractivity contribution is 9.10. The normalized spacial score (nSPS) is 12.4. The highest BCUT2D eigenvalue weighted by Crippen LogP contribution is 2.27. The lowest BCUT2D eigenvalue weighted by Gasteiger charge is -2.19. The van der Waals surface area contributed by atoms with Crippen molar-refractivity contribution in [1.29, 1.82) is 0 Å². The largest absolute Gasteiger partial charge is 0.271 e.